The van der Waals surface area contributed by atoms with Gasteiger partial charge in [-0.25, -0.2) is 9.67 Å². The highest BCUT2D eigenvalue weighted by molar-refractivity contribution is 6.31. The van der Waals surface area contributed by atoms with E-state index in [0.717, 1.165) is 16.9 Å². The maximum Gasteiger partial charge on any atom is 0.293 e. The summed E-state index contributed by atoms with van der Waals surface area (Å²) in [4.78, 5) is 16.5. The van der Waals surface area contributed by atoms with Crippen LogP contribution in [0.3, 0.4) is 0 Å². The number of hydrogen-bond acceptors (Lipinski definition) is 5. The lowest BCUT2D eigenvalue weighted by Crippen LogP contribution is -2.12. The van der Waals surface area contributed by atoms with Gasteiger partial charge in [0.2, 0.25) is 5.95 Å². The van der Waals surface area contributed by atoms with Crippen LogP contribution in [0, 0.1) is 6.92 Å². The van der Waals surface area contributed by atoms with E-state index in [2.05, 4.69) is 15.4 Å². The number of ether oxygens (including phenoxy) is 1. The monoisotopic (exact) mass is 422 g/mol. The molecule has 0 fully saturated rings. The van der Waals surface area contributed by atoms with Crippen molar-refractivity contribution in [2.45, 2.75) is 20.1 Å². The third kappa shape index (κ3) is 4.87. The Labute approximate surface area is 178 Å². The molecule has 0 radical (unpaired) electrons. The number of halogens is 1. The Morgan fingerprint density at radius 2 is 2.03 bits per heavy atom. The first-order valence-corrected chi connectivity index (χ1v) is 9.67. The van der Waals surface area contributed by atoms with E-state index in [1.807, 2.05) is 55.5 Å². The summed E-state index contributed by atoms with van der Waals surface area (Å²) in [6.07, 6.45) is 1.53. The molecule has 2 aromatic heterocycles. The van der Waals surface area contributed by atoms with Crippen molar-refractivity contribution in [3.05, 3.63) is 94.7 Å². The third-order valence-electron chi connectivity index (χ3n) is 4.31. The molecule has 0 saturated carbocycles. The van der Waals surface area contributed by atoms with Crippen molar-refractivity contribution in [3.8, 4) is 5.75 Å². The van der Waals surface area contributed by atoms with E-state index in [1.54, 1.807) is 16.8 Å². The Bertz CT molecular complexity index is 1170. The Morgan fingerprint density at radius 1 is 1.17 bits per heavy atom. The van der Waals surface area contributed by atoms with Crippen LogP contribution in [0.2, 0.25) is 5.02 Å². The highest BCUT2D eigenvalue weighted by Crippen LogP contribution is 2.17. The van der Waals surface area contributed by atoms with Crippen molar-refractivity contribution in [1.29, 1.82) is 0 Å². The Morgan fingerprint density at radius 3 is 2.87 bits per heavy atom. The van der Waals surface area contributed by atoms with Crippen LogP contribution in [-0.2, 0) is 13.2 Å². The molecule has 4 aromatic rings. The molecule has 1 amide bonds. The number of furan rings is 1. The largest absolute Gasteiger partial charge is 0.486 e. The van der Waals surface area contributed by atoms with Crippen LogP contribution in [0.15, 0.2) is 71.4 Å². The van der Waals surface area contributed by atoms with Crippen LogP contribution in [0.25, 0.3) is 0 Å². The number of carbonyl (C=O) groups is 1. The quantitative estimate of drug-likeness (QED) is 0.466. The molecule has 0 atom stereocenters. The maximum absolute atomic E-state index is 12.4. The minimum absolute atomic E-state index is 0.153. The first-order chi connectivity index (χ1) is 14.6. The van der Waals surface area contributed by atoms with Gasteiger partial charge in [0, 0.05) is 5.02 Å². The second-order valence-electron chi connectivity index (χ2n) is 6.68. The Kier molecular flexibility index (Phi) is 5.81. The van der Waals surface area contributed by atoms with Crippen LogP contribution < -0.4 is 10.1 Å². The number of aromatic nitrogens is 3. The van der Waals surface area contributed by atoms with Gasteiger partial charge in [-0.3, -0.25) is 10.1 Å². The zero-order valence-electron chi connectivity index (χ0n) is 16.2. The van der Waals surface area contributed by atoms with E-state index in [4.69, 9.17) is 20.8 Å². The van der Waals surface area contributed by atoms with Gasteiger partial charge >= 0.3 is 0 Å². The van der Waals surface area contributed by atoms with Gasteiger partial charge < -0.3 is 9.15 Å². The minimum atomic E-state index is -0.438. The molecule has 30 heavy (non-hydrogen) atoms. The fraction of sp³-hybridized carbons (Fsp3) is 0.136. The lowest BCUT2D eigenvalue weighted by molar-refractivity contribution is 0.0991. The minimum Gasteiger partial charge on any atom is -0.486 e. The van der Waals surface area contributed by atoms with Crippen molar-refractivity contribution >= 4 is 23.5 Å². The number of carbonyl (C=O) groups excluding carboxylic acids is 1. The van der Waals surface area contributed by atoms with E-state index in [0.29, 0.717) is 17.3 Å². The molecule has 7 nitrogen and oxygen atoms in total. The summed E-state index contributed by atoms with van der Waals surface area (Å²) < 4.78 is 12.9. The lowest BCUT2D eigenvalue weighted by Gasteiger charge is -2.04. The Balaban J connectivity index is 1.34. The van der Waals surface area contributed by atoms with Crippen LogP contribution in [0.4, 0.5) is 5.95 Å². The van der Waals surface area contributed by atoms with E-state index in [1.165, 1.54) is 6.33 Å². The average molecular weight is 423 g/mol. The number of aryl methyl sites for hydroxylation is 1. The number of rotatable bonds is 7. The predicted octanol–water partition coefficient (Wildman–Crippen LogP) is 4.71. The van der Waals surface area contributed by atoms with Crippen LogP contribution in [0.5, 0.6) is 5.75 Å². The molecule has 0 unspecified atom stereocenters. The summed E-state index contributed by atoms with van der Waals surface area (Å²) in [6, 6.07) is 18.5. The summed E-state index contributed by atoms with van der Waals surface area (Å²) in [5.41, 5.74) is 2.01. The topological polar surface area (TPSA) is 82.2 Å². The molecule has 2 aromatic carbocycles. The van der Waals surface area contributed by atoms with Gasteiger partial charge in [0.25, 0.3) is 5.91 Å². The number of anilines is 1. The van der Waals surface area contributed by atoms with Crippen LogP contribution in [0.1, 0.15) is 27.4 Å². The predicted molar refractivity (Wildman–Crippen MR) is 113 cm³/mol. The molecule has 0 aliphatic heterocycles. The second-order valence-corrected chi connectivity index (χ2v) is 7.09. The molecule has 0 spiro atoms. The van der Waals surface area contributed by atoms with Gasteiger partial charge in [-0.05, 0) is 48.4 Å². The van der Waals surface area contributed by atoms with Gasteiger partial charge in [-0.2, -0.15) is 0 Å². The molecule has 0 saturated heterocycles. The van der Waals surface area contributed by atoms with E-state index in [-0.39, 0.29) is 18.3 Å². The van der Waals surface area contributed by atoms with E-state index >= 15 is 0 Å². The fourth-order valence-electron chi connectivity index (χ4n) is 2.83. The summed E-state index contributed by atoms with van der Waals surface area (Å²) in [5, 5.41) is 7.52. The molecule has 8 heteroatoms. The van der Waals surface area contributed by atoms with Crippen molar-refractivity contribution in [2.75, 3.05) is 5.32 Å². The van der Waals surface area contributed by atoms with Crippen LogP contribution >= 0.6 is 11.6 Å². The molecule has 0 aliphatic rings. The fourth-order valence-corrected chi connectivity index (χ4v) is 3.02. The normalized spacial score (nSPS) is 10.7. The summed E-state index contributed by atoms with van der Waals surface area (Å²) in [7, 11) is 0. The highest BCUT2D eigenvalue weighted by atomic mass is 35.5. The maximum atomic E-state index is 12.4. The SMILES string of the molecule is Cc1cccc(OCc2ccc(C(=O)Nc3ncn(Cc4ccccc4Cl)n3)o2)c1. The summed E-state index contributed by atoms with van der Waals surface area (Å²) in [5.74, 6) is 1.18. The first kappa shape index (κ1) is 19.7. The van der Waals surface area contributed by atoms with Crippen molar-refractivity contribution in [1.82, 2.24) is 14.8 Å². The number of benzene rings is 2. The van der Waals surface area contributed by atoms with Crippen molar-refractivity contribution < 1.29 is 13.9 Å². The lowest BCUT2D eigenvalue weighted by atomic mass is 10.2. The van der Waals surface area contributed by atoms with Crippen molar-refractivity contribution in [2.24, 2.45) is 0 Å². The van der Waals surface area contributed by atoms with Gasteiger partial charge in [0.05, 0.1) is 6.54 Å². The van der Waals surface area contributed by atoms with Gasteiger partial charge in [0.1, 0.15) is 24.4 Å². The number of nitrogens with zero attached hydrogens (tertiary/aromatic N) is 3. The van der Waals surface area contributed by atoms with Crippen LogP contribution in [-0.4, -0.2) is 20.7 Å². The first-order valence-electron chi connectivity index (χ1n) is 9.29. The standard InChI is InChI=1S/C22H19ClN4O3/c1-15-5-4-7-17(11-15)29-13-18-9-10-20(30-18)21(28)25-22-24-14-27(26-22)12-16-6-2-3-8-19(16)23/h2-11,14H,12-13H2,1H3,(H,25,26,28). The molecule has 2 heterocycles. The Hall–Kier alpha value is -3.58. The third-order valence-corrected chi connectivity index (χ3v) is 4.68. The highest BCUT2D eigenvalue weighted by Gasteiger charge is 2.14. The zero-order chi connectivity index (χ0) is 20.9. The summed E-state index contributed by atoms with van der Waals surface area (Å²) in [6.45, 7) is 2.66. The molecule has 0 bridgehead atoms. The smallest absolute Gasteiger partial charge is 0.293 e. The van der Waals surface area contributed by atoms with E-state index in [9.17, 15) is 4.79 Å². The second kappa shape index (κ2) is 8.84. The van der Waals surface area contributed by atoms with E-state index < -0.39 is 5.91 Å². The van der Waals surface area contributed by atoms with Gasteiger partial charge in [-0.15, -0.1) is 5.10 Å². The number of nitrogens with one attached hydrogen (secondary N) is 1. The van der Waals surface area contributed by atoms with Gasteiger partial charge in [0.15, 0.2) is 5.76 Å². The van der Waals surface area contributed by atoms with Crippen molar-refractivity contribution in [3.63, 3.8) is 0 Å². The van der Waals surface area contributed by atoms with Gasteiger partial charge in [-0.1, -0.05) is 41.9 Å². The molecular weight excluding hydrogens is 404 g/mol. The molecule has 0 aliphatic carbocycles. The molecule has 1 N–H and O–H groups in total. The average Bonchev–Trinajstić information content (AvgIpc) is 3.38. The summed E-state index contributed by atoms with van der Waals surface area (Å²) >= 11 is 6.17. The molecule has 152 valence electrons. The number of hydrogen-bond donors (Lipinski definition) is 1. The zero-order valence-corrected chi connectivity index (χ0v) is 17.0. The molecule has 4 rings (SSSR count). The molecular formula is C22H19ClN4O3. The number of amides is 1.